The molecule has 0 bridgehead atoms. The van der Waals surface area contributed by atoms with E-state index in [0.717, 1.165) is 5.69 Å². The Morgan fingerprint density at radius 3 is 2.60 bits per heavy atom. The topological polar surface area (TPSA) is 51.4 Å². The first-order valence-electron chi connectivity index (χ1n) is 4.45. The standard InChI is InChI=1S/C11H8NO2P/c13-10-6-2-1-4-8(10)9-5-3-7-11(12-9)15-14/h1-7,13H/p+1. The van der Waals surface area contributed by atoms with Gasteiger partial charge in [-0.3, -0.25) is 4.57 Å². The van der Waals surface area contributed by atoms with Gasteiger partial charge in [-0.05, 0) is 18.2 Å². The number of aromatic nitrogens is 1. The van der Waals surface area contributed by atoms with Crippen LogP contribution in [0.25, 0.3) is 11.3 Å². The average molecular weight is 218 g/mol. The van der Waals surface area contributed by atoms with Crippen molar-refractivity contribution in [1.29, 1.82) is 0 Å². The van der Waals surface area contributed by atoms with Crippen molar-refractivity contribution < 1.29 is 14.7 Å². The Balaban J connectivity index is 2.54. The van der Waals surface area contributed by atoms with Gasteiger partial charge < -0.3 is 5.11 Å². The summed E-state index contributed by atoms with van der Waals surface area (Å²) >= 11 is 0. The van der Waals surface area contributed by atoms with Crippen molar-refractivity contribution in [2.75, 3.05) is 0 Å². The summed E-state index contributed by atoms with van der Waals surface area (Å²) in [7, 11) is -0.0614. The van der Waals surface area contributed by atoms with E-state index in [1.54, 1.807) is 30.3 Å². The molecule has 2 rings (SSSR count). The molecular weight excluding hydrogens is 209 g/mol. The van der Waals surface area contributed by atoms with E-state index >= 15 is 0 Å². The number of phenols is 1. The smallest absolute Gasteiger partial charge is 0.271 e. The predicted octanol–water partition coefficient (Wildman–Crippen LogP) is 1.79. The third-order valence-corrected chi connectivity index (χ3v) is 2.53. The summed E-state index contributed by atoms with van der Waals surface area (Å²) in [5.74, 6) is 0.202. The summed E-state index contributed by atoms with van der Waals surface area (Å²) in [4.78, 5) is 2.97. The maximum absolute atomic E-state index is 10.7. The molecule has 1 aromatic heterocycles. The molecule has 1 heterocycles. The minimum absolute atomic E-state index is 0.0614. The normalized spacial score (nSPS) is 10.4. The fourth-order valence-electron chi connectivity index (χ4n) is 1.37. The molecule has 0 radical (unpaired) electrons. The molecule has 0 saturated heterocycles. The van der Waals surface area contributed by atoms with Crippen LogP contribution < -0.4 is 10.4 Å². The Kier molecular flexibility index (Phi) is 2.75. The maximum atomic E-state index is 10.7. The van der Waals surface area contributed by atoms with E-state index in [0.29, 0.717) is 11.0 Å². The molecule has 0 aliphatic rings. The number of para-hydroxylation sites is 1. The van der Waals surface area contributed by atoms with E-state index in [1.165, 1.54) is 0 Å². The number of H-pyrrole nitrogens is 1. The van der Waals surface area contributed by atoms with Gasteiger partial charge in [0.2, 0.25) is 5.69 Å². The van der Waals surface area contributed by atoms with Crippen LogP contribution in [0.2, 0.25) is 0 Å². The molecule has 2 N–H and O–H groups in total. The fraction of sp³-hybridized carbons (Fsp3) is 0. The van der Waals surface area contributed by atoms with Crippen LogP contribution in [0.3, 0.4) is 0 Å². The third-order valence-electron chi connectivity index (χ3n) is 2.07. The number of hydrogen-bond donors (Lipinski definition) is 1. The SMILES string of the molecule is O=Pc1cccc(-c2ccccc2O)[nH+]1. The molecule has 0 saturated carbocycles. The van der Waals surface area contributed by atoms with Gasteiger partial charge in [0, 0.05) is 12.1 Å². The first-order valence-corrected chi connectivity index (χ1v) is 5.26. The van der Waals surface area contributed by atoms with Crippen LogP contribution >= 0.6 is 8.46 Å². The van der Waals surface area contributed by atoms with E-state index < -0.39 is 0 Å². The summed E-state index contributed by atoms with van der Waals surface area (Å²) in [6, 6.07) is 12.3. The Labute approximate surface area is 88.6 Å². The maximum Gasteiger partial charge on any atom is 0.271 e. The summed E-state index contributed by atoms with van der Waals surface area (Å²) in [6.07, 6.45) is 0. The number of aromatic hydroxyl groups is 1. The number of nitrogens with one attached hydrogen (secondary N) is 1. The average Bonchev–Trinajstić information content (AvgIpc) is 2.30. The Hall–Kier alpha value is -1.73. The highest BCUT2D eigenvalue weighted by Gasteiger charge is 2.11. The molecule has 74 valence electrons. The predicted molar refractivity (Wildman–Crippen MR) is 57.3 cm³/mol. The monoisotopic (exact) mass is 218 g/mol. The second-order valence-electron chi connectivity index (χ2n) is 3.06. The van der Waals surface area contributed by atoms with Crippen molar-refractivity contribution in [2.24, 2.45) is 0 Å². The first-order chi connectivity index (χ1) is 7.31. The summed E-state index contributed by atoms with van der Waals surface area (Å²) < 4.78 is 10.7. The number of aromatic amines is 1. The Bertz CT molecular complexity index is 499. The van der Waals surface area contributed by atoms with Crippen LogP contribution in [0.5, 0.6) is 5.75 Å². The molecule has 0 aliphatic heterocycles. The molecule has 0 unspecified atom stereocenters. The van der Waals surface area contributed by atoms with E-state index in [-0.39, 0.29) is 14.2 Å². The molecule has 4 heteroatoms. The number of phenolic OH excluding ortho intramolecular Hbond substituents is 1. The second-order valence-corrected chi connectivity index (χ2v) is 3.72. The lowest BCUT2D eigenvalue weighted by Gasteiger charge is -1.98. The van der Waals surface area contributed by atoms with Gasteiger partial charge in [-0.1, -0.05) is 12.1 Å². The van der Waals surface area contributed by atoms with Crippen LogP contribution in [-0.2, 0) is 4.57 Å². The molecule has 0 spiro atoms. The van der Waals surface area contributed by atoms with E-state index in [1.807, 2.05) is 12.1 Å². The fourth-order valence-corrected chi connectivity index (χ4v) is 1.68. The largest absolute Gasteiger partial charge is 0.507 e. The van der Waals surface area contributed by atoms with Crippen molar-refractivity contribution in [3.63, 3.8) is 0 Å². The van der Waals surface area contributed by atoms with E-state index in [9.17, 15) is 9.67 Å². The number of pyridine rings is 1. The molecule has 2 aromatic rings. The van der Waals surface area contributed by atoms with Crippen LogP contribution in [0.15, 0.2) is 42.5 Å². The lowest BCUT2D eigenvalue weighted by atomic mass is 10.1. The van der Waals surface area contributed by atoms with Crippen molar-refractivity contribution in [3.8, 4) is 17.0 Å². The van der Waals surface area contributed by atoms with Gasteiger partial charge in [-0.15, -0.1) is 0 Å². The zero-order valence-corrected chi connectivity index (χ0v) is 8.74. The Morgan fingerprint density at radius 1 is 1.07 bits per heavy atom. The van der Waals surface area contributed by atoms with Crippen molar-refractivity contribution >= 4 is 13.9 Å². The molecular formula is C11H9NO2P+. The first kappa shape index (κ1) is 9.81. The quantitative estimate of drug-likeness (QED) is 0.781. The molecule has 0 atom stereocenters. The molecule has 0 amide bonds. The lowest BCUT2D eigenvalue weighted by Crippen LogP contribution is -2.23. The summed E-state index contributed by atoms with van der Waals surface area (Å²) in [5, 5.41) is 9.63. The van der Waals surface area contributed by atoms with Crippen LogP contribution in [-0.4, -0.2) is 5.11 Å². The van der Waals surface area contributed by atoms with Gasteiger partial charge in [0.15, 0.2) is 0 Å². The lowest BCUT2D eigenvalue weighted by molar-refractivity contribution is -0.341. The second kappa shape index (κ2) is 4.20. The minimum atomic E-state index is -0.0614. The van der Waals surface area contributed by atoms with E-state index in [2.05, 4.69) is 4.98 Å². The number of hydrogen-bond acceptors (Lipinski definition) is 2. The minimum Gasteiger partial charge on any atom is -0.507 e. The third kappa shape index (κ3) is 2.03. The zero-order chi connectivity index (χ0) is 10.7. The van der Waals surface area contributed by atoms with Gasteiger partial charge in [0.1, 0.15) is 5.75 Å². The molecule has 0 fully saturated rings. The van der Waals surface area contributed by atoms with Gasteiger partial charge in [-0.25, -0.2) is 0 Å². The van der Waals surface area contributed by atoms with Gasteiger partial charge in [0.25, 0.3) is 13.9 Å². The van der Waals surface area contributed by atoms with Crippen molar-refractivity contribution in [3.05, 3.63) is 42.5 Å². The van der Waals surface area contributed by atoms with Gasteiger partial charge >= 0.3 is 0 Å². The summed E-state index contributed by atoms with van der Waals surface area (Å²) in [5.41, 5.74) is 2.02. The highest BCUT2D eigenvalue weighted by atomic mass is 31.1. The Morgan fingerprint density at radius 2 is 1.87 bits per heavy atom. The van der Waals surface area contributed by atoms with Crippen LogP contribution in [0.4, 0.5) is 0 Å². The zero-order valence-electron chi connectivity index (χ0n) is 7.84. The molecule has 0 aliphatic carbocycles. The van der Waals surface area contributed by atoms with Crippen molar-refractivity contribution in [1.82, 2.24) is 0 Å². The van der Waals surface area contributed by atoms with Gasteiger partial charge in [-0.2, -0.15) is 4.98 Å². The molecule has 1 aromatic carbocycles. The highest BCUT2D eigenvalue weighted by Crippen LogP contribution is 2.24. The molecule has 15 heavy (non-hydrogen) atoms. The van der Waals surface area contributed by atoms with Crippen molar-refractivity contribution in [2.45, 2.75) is 0 Å². The van der Waals surface area contributed by atoms with Crippen LogP contribution in [0.1, 0.15) is 0 Å². The van der Waals surface area contributed by atoms with E-state index in [4.69, 9.17) is 0 Å². The summed E-state index contributed by atoms with van der Waals surface area (Å²) in [6.45, 7) is 0. The van der Waals surface area contributed by atoms with Crippen LogP contribution in [0, 0.1) is 0 Å². The number of rotatable bonds is 2. The highest BCUT2D eigenvalue weighted by molar-refractivity contribution is 7.33. The number of benzene rings is 1. The van der Waals surface area contributed by atoms with Gasteiger partial charge in [0.05, 0.1) is 5.56 Å². The molecule has 3 nitrogen and oxygen atoms in total.